The van der Waals surface area contributed by atoms with Crippen LogP contribution in [0, 0.1) is 0 Å². The number of benzene rings is 1. The number of aromatic hydroxyl groups is 2. The highest BCUT2D eigenvalue weighted by atomic mass is 32.3. The molecule has 9 nitrogen and oxygen atoms in total. The normalized spacial score (nSPS) is 9.06. The van der Waals surface area contributed by atoms with E-state index in [1.807, 2.05) is 0 Å². The average molecular weight is 268 g/mol. The second kappa shape index (κ2) is 8.15. The standard InChI is InChI=1S/C6H6O2.CH4N2O.H2O4S/c7-5-1-2-6(8)4-3-5;2-1(3)4;1-5(2,3)4/h1-4,7-8H;(H4,2,3,4);(H2,1,2,3,4). The predicted octanol–water partition coefficient (Wildman–Crippen LogP) is -0.531. The first-order valence-electron chi connectivity index (χ1n) is 3.75. The van der Waals surface area contributed by atoms with E-state index in [0.717, 1.165) is 0 Å². The van der Waals surface area contributed by atoms with Gasteiger partial charge in [-0.25, -0.2) is 4.79 Å². The first-order valence-corrected chi connectivity index (χ1v) is 5.15. The number of primary amides is 2. The number of rotatable bonds is 0. The largest absolute Gasteiger partial charge is 0.508 e. The Labute approximate surface area is 96.9 Å². The average Bonchev–Trinajstić information content (AvgIpc) is 2.06. The summed E-state index contributed by atoms with van der Waals surface area (Å²) in [5.74, 6) is 0.339. The van der Waals surface area contributed by atoms with E-state index in [9.17, 15) is 0 Å². The van der Waals surface area contributed by atoms with Crippen LogP contribution in [0.5, 0.6) is 11.5 Å². The van der Waals surface area contributed by atoms with Crippen LogP contribution in [0.2, 0.25) is 0 Å². The second-order valence-electron chi connectivity index (χ2n) is 2.37. The van der Waals surface area contributed by atoms with E-state index in [0.29, 0.717) is 0 Å². The van der Waals surface area contributed by atoms with Crippen molar-refractivity contribution in [3.8, 4) is 11.5 Å². The highest BCUT2D eigenvalue weighted by Gasteiger charge is 1.85. The van der Waals surface area contributed by atoms with Crippen molar-refractivity contribution in [1.82, 2.24) is 0 Å². The van der Waals surface area contributed by atoms with E-state index in [2.05, 4.69) is 11.5 Å². The number of carbonyl (C=O) groups excluding carboxylic acids is 1. The van der Waals surface area contributed by atoms with Gasteiger partial charge in [0.25, 0.3) is 0 Å². The Kier molecular flexibility index (Phi) is 8.32. The van der Waals surface area contributed by atoms with Gasteiger partial charge in [0.15, 0.2) is 0 Å². The number of amides is 2. The summed E-state index contributed by atoms with van der Waals surface area (Å²) >= 11 is 0. The van der Waals surface area contributed by atoms with Crippen LogP contribution in [0.3, 0.4) is 0 Å². The molecular weight excluding hydrogens is 256 g/mol. The summed E-state index contributed by atoms with van der Waals surface area (Å²) in [6, 6.07) is 4.87. The molecule has 10 heteroatoms. The quantitative estimate of drug-likeness (QED) is 0.269. The van der Waals surface area contributed by atoms with Gasteiger partial charge in [-0.3, -0.25) is 9.11 Å². The van der Waals surface area contributed by atoms with Crippen LogP contribution in [-0.4, -0.2) is 33.8 Å². The van der Waals surface area contributed by atoms with E-state index in [1.165, 1.54) is 24.3 Å². The molecule has 0 saturated heterocycles. The van der Waals surface area contributed by atoms with Gasteiger partial charge in [0.1, 0.15) is 11.5 Å². The number of hydrogen-bond donors (Lipinski definition) is 6. The van der Waals surface area contributed by atoms with Gasteiger partial charge in [0.2, 0.25) is 0 Å². The molecule has 0 spiro atoms. The summed E-state index contributed by atoms with van der Waals surface area (Å²) in [7, 11) is -4.67. The van der Waals surface area contributed by atoms with Gasteiger partial charge >= 0.3 is 16.4 Å². The minimum absolute atomic E-state index is 0.169. The molecule has 1 aromatic rings. The smallest absolute Gasteiger partial charge is 0.394 e. The van der Waals surface area contributed by atoms with Crippen molar-refractivity contribution in [2.45, 2.75) is 0 Å². The fourth-order valence-electron chi connectivity index (χ4n) is 0.453. The SMILES string of the molecule is NC(N)=O.O=S(=O)(O)O.Oc1ccc(O)cc1. The van der Waals surface area contributed by atoms with Crippen LogP contribution < -0.4 is 11.5 Å². The third kappa shape index (κ3) is 31.5. The molecule has 0 aliphatic carbocycles. The number of hydrogen-bond acceptors (Lipinski definition) is 5. The fraction of sp³-hybridized carbons (Fsp3) is 0. The molecule has 0 saturated carbocycles. The molecule has 0 heterocycles. The Hall–Kier alpha value is -2.04. The van der Waals surface area contributed by atoms with Gasteiger partial charge in [0.05, 0.1) is 0 Å². The molecule has 1 aromatic carbocycles. The highest BCUT2D eigenvalue weighted by Crippen LogP contribution is 2.13. The van der Waals surface area contributed by atoms with Crippen LogP contribution in [0.25, 0.3) is 0 Å². The summed E-state index contributed by atoms with van der Waals surface area (Å²) in [6.07, 6.45) is 0. The van der Waals surface area contributed by atoms with E-state index >= 15 is 0 Å². The molecule has 1 rings (SSSR count). The fourth-order valence-corrected chi connectivity index (χ4v) is 0.453. The van der Waals surface area contributed by atoms with Gasteiger partial charge in [-0.05, 0) is 24.3 Å². The van der Waals surface area contributed by atoms with Crippen molar-refractivity contribution in [2.75, 3.05) is 0 Å². The van der Waals surface area contributed by atoms with Crippen molar-refractivity contribution < 1.29 is 32.5 Å². The molecule has 0 unspecified atom stereocenters. The lowest BCUT2D eigenvalue weighted by molar-refractivity contribution is 0.256. The van der Waals surface area contributed by atoms with Crippen molar-refractivity contribution in [2.24, 2.45) is 11.5 Å². The summed E-state index contributed by atoms with van der Waals surface area (Å²) in [5.41, 5.74) is 8.50. The van der Waals surface area contributed by atoms with E-state index in [4.69, 9.17) is 32.5 Å². The first kappa shape index (κ1) is 17.4. The van der Waals surface area contributed by atoms with Gasteiger partial charge in [-0.2, -0.15) is 8.42 Å². The van der Waals surface area contributed by atoms with Crippen molar-refractivity contribution in [3.05, 3.63) is 24.3 Å². The van der Waals surface area contributed by atoms with Crippen LogP contribution >= 0.6 is 0 Å². The molecule has 0 radical (unpaired) electrons. The zero-order valence-corrected chi connectivity index (χ0v) is 9.20. The minimum Gasteiger partial charge on any atom is -0.508 e. The molecule has 2 amide bonds. The Morgan fingerprint density at radius 1 is 0.941 bits per heavy atom. The van der Waals surface area contributed by atoms with E-state index < -0.39 is 16.4 Å². The maximum Gasteiger partial charge on any atom is 0.394 e. The zero-order valence-electron chi connectivity index (χ0n) is 8.39. The number of carbonyl (C=O) groups is 1. The van der Waals surface area contributed by atoms with Crippen LogP contribution in [0.1, 0.15) is 0 Å². The van der Waals surface area contributed by atoms with Crippen molar-refractivity contribution in [1.29, 1.82) is 0 Å². The number of phenols is 2. The van der Waals surface area contributed by atoms with Gasteiger partial charge < -0.3 is 21.7 Å². The third-order valence-corrected chi connectivity index (χ3v) is 0.850. The van der Waals surface area contributed by atoms with Crippen LogP contribution in [0.4, 0.5) is 4.79 Å². The zero-order chi connectivity index (χ0) is 14.1. The summed E-state index contributed by atoms with van der Waals surface area (Å²) in [5, 5.41) is 17.3. The highest BCUT2D eigenvalue weighted by molar-refractivity contribution is 7.79. The number of phenolic OH excluding ortho intramolecular Hbond substituents is 2. The topological polar surface area (TPSA) is 184 Å². The first-order chi connectivity index (χ1) is 7.52. The molecule has 17 heavy (non-hydrogen) atoms. The third-order valence-electron chi connectivity index (χ3n) is 0.850. The second-order valence-corrected chi connectivity index (χ2v) is 3.26. The Bertz CT molecular complexity index is 395. The summed E-state index contributed by atoms with van der Waals surface area (Å²) < 4.78 is 31.6. The molecule has 0 atom stereocenters. The Morgan fingerprint density at radius 3 is 1.18 bits per heavy atom. The molecule has 0 aliphatic rings. The number of urea groups is 1. The maximum absolute atomic E-state index is 9.00. The Morgan fingerprint density at radius 2 is 1.06 bits per heavy atom. The molecule has 98 valence electrons. The van der Waals surface area contributed by atoms with Crippen LogP contribution in [-0.2, 0) is 10.4 Å². The van der Waals surface area contributed by atoms with Gasteiger partial charge in [-0.1, -0.05) is 0 Å². The van der Waals surface area contributed by atoms with Gasteiger partial charge in [0, 0.05) is 0 Å². The minimum atomic E-state index is -4.67. The monoisotopic (exact) mass is 268 g/mol. The van der Waals surface area contributed by atoms with E-state index in [1.54, 1.807) is 0 Å². The molecule has 0 fully saturated rings. The van der Waals surface area contributed by atoms with Crippen LogP contribution in [0.15, 0.2) is 24.3 Å². The Balaban J connectivity index is 0. The lowest BCUT2D eigenvalue weighted by Gasteiger charge is -1.88. The molecule has 8 N–H and O–H groups in total. The molecular formula is C7H12N2O7S. The summed E-state index contributed by atoms with van der Waals surface area (Å²) in [4.78, 5) is 9.00. The lowest BCUT2D eigenvalue weighted by atomic mass is 10.3. The lowest BCUT2D eigenvalue weighted by Crippen LogP contribution is -2.18. The van der Waals surface area contributed by atoms with Crippen molar-refractivity contribution in [3.63, 3.8) is 0 Å². The summed E-state index contributed by atoms with van der Waals surface area (Å²) in [6.45, 7) is 0. The predicted molar refractivity (Wildman–Crippen MR) is 57.7 cm³/mol. The van der Waals surface area contributed by atoms with Gasteiger partial charge in [-0.15, -0.1) is 0 Å². The molecule has 0 bridgehead atoms. The molecule has 0 aromatic heterocycles. The molecule has 0 aliphatic heterocycles. The maximum atomic E-state index is 9.00. The van der Waals surface area contributed by atoms with E-state index in [-0.39, 0.29) is 11.5 Å². The number of nitrogens with two attached hydrogens (primary N) is 2. The van der Waals surface area contributed by atoms with Crippen molar-refractivity contribution >= 4 is 16.4 Å².